The molecule has 0 aliphatic heterocycles. The minimum Gasteiger partial charge on any atom is -1.00 e. The zero-order chi connectivity index (χ0) is 4.50. The van der Waals surface area contributed by atoms with Crippen LogP contribution in [0.1, 0.15) is 1.43 Å². The van der Waals surface area contributed by atoms with Gasteiger partial charge >= 0.3 is 37.4 Å². The fraction of sp³-hybridized carbons (Fsp3) is 0. The van der Waals surface area contributed by atoms with Gasteiger partial charge in [-0.15, -0.1) is 0 Å². The third kappa shape index (κ3) is 127. The first-order valence-electron chi connectivity index (χ1n) is 0.783. The second-order valence-corrected chi connectivity index (χ2v) is 1.54. The second-order valence-electron chi connectivity index (χ2n) is 0.513. The Morgan fingerprint density at radius 2 is 1.25 bits per heavy atom. The normalized spacial score (nSPS) is 7.38. The number of hydrogen-bond acceptors (Lipinski definition) is 1. The van der Waals surface area contributed by atoms with Crippen LogP contribution >= 0.6 is 7.82 Å². The third-order valence-corrected chi connectivity index (χ3v) is 0. The molecule has 0 atom stereocenters. The summed E-state index contributed by atoms with van der Waals surface area (Å²) in [4.78, 5) is 21.6. The van der Waals surface area contributed by atoms with E-state index in [0.717, 1.165) is 0 Å². The van der Waals surface area contributed by atoms with Gasteiger partial charge in [0.05, 0.1) is 0 Å². The van der Waals surface area contributed by atoms with Crippen molar-refractivity contribution in [3.8, 4) is 0 Å². The van der Waals surface area contributed by atoms with Crippen molar-refractivity contribution >= 4 is 7.82 Å². The largest absolute Gasteiger partial charge is 1.00 e. The van der Waals surface area contributed by atoms with Crippen molar-refractivity contribution in [2.24, 2.45) is 0 Å². The van der Waals surface area contributed by atoms with Crippen molar-refractivity contribution in [3.05, 3.63) is 0 Å². The summed E-state index contributed by atoms with van der Waals surface area (Å²) in [6.07, 6.45) is 0. The summed E-state index contributed by atoms with van der Waals surface area (Å²) in [5.74, 6) is 0. The third-order valence-electron chi connectivity index (χ3n) is 0. The van der Waals surface area contributed by atoms with Crippen LogP contribution in [0.5, 0.6) is 0 Å². The molecule has 0 rings (SSSR count). The Labute approximate surface area is 80.9 Å². The van der Waals surface area contributed by atoms with E-state index < -0.39 is 7.82 Å². The van der Waals surface area contributed by atoms with E-state index in [0.29, 0.717) is 0 Å². The SMILES string of the molecule is F.O=P(O)(O)O.[H-].[Na+].[V]. The Balaban J connectivity index is -0.0000000133. The minimum absolute atomic E-state index is 0. The maximum atomic E-state index is 8.88. The molecule has 0 unspecified atom stereocenters. The van der Waals surface area contributed by atoms with E-state index in [1.807, 2.05) is 0 Å². The molecule has 0 aromatic heterocycles. The molecular formula is H5FNaO4PV. The molecular weight excluding hydrogens is 188 g/mol. The van der Waals surface area contributed by atoms with E-state index in [1.165, 1.54) is 0 Å². The molecule has 47 valence electrons. The molecule has 0 bridgehead atoms. The average molecular weight is 193 g/mol. The standard InChI is InChI=1S/FH.Na.H3O4P.V.H/c;;1-5(2,3)4;;/h1H;;(H3,1,2,3,4);;/q;+1;;;-1. The fourth-order valence-electron chi connectivity index (χ4n) is 0. The first kappa shape index (κ1) is 22.6. The number of phosphoric acid groups is 1. The average Bonchev–Trinajstić information content (AvgIpc) is 0.722. The summed E-state index contributed by atoms with van der Waals surface area (Å²) in [7, 11) is -4.64. The summed E-state index contributed by atoms with van der Waals surface area (Å²) >= 11 is 0. The van der Waals surface area contributed by atoms with E-state index in [1.54, 1.807) is 0 Å². The topological polar surface area (TPSA) is 77.8 Å². The predicted octanol–water partition coefficient (Wildman–Crippen LogP) is -3.66. The van der Waals surface area contributed by atoms with Gasteiger partial charge in [-0.1, -0.05) is 0 Å². The van der Waals surface area contributed by atoms with Crippen molar-refractivity contribution in [1.82, 2.24) is 0 Å². The van der Waals surface area contributed by atoms with Crippen LogP contribution < -0.4 is 29.6 Å². The Kier molecular flexibility index (Phi) is 24.4. The molecule has 1 radical (unpaired) electrons. The molecule has 0 aromatic carbocycles. The molecule has 0 aliphatic rings. The Morgan fingerprint density at radius 3 is 1.25 bits per heavy atom. The molecule has 0 spiro atoms. The fourth-order valence-corrected chi connectivity index (χ4v) is 0. The van der Waals surface area contributed by atoms with Crippen molar-refractivity contribution in [3.63, 3.8) is 0 Å². The number of hydrogen-bond donors (Lipinski definition) is 3. The van der Waals surface area contributed by atoms with Crippen LogP contribution in [-0.2, 0) is 23.1 Å². The maximum absolute atomic E-state index is 8.88. The summed E-state index contributed by atoms with van der Waals surface area (Å²) in [6.45, 7) is 0. The quantitative estimate of drug-likeness (QED) is 0.273. The van der Waals surface area contributed by atoms with Crippen LogP contribution in [-0.4, -0.2) is 14.7 Å². The van der Waals surface area contributed by atoms with Gasteiger partial charge in [0.15, 0.2) is 0 Å². The van der Waals surface area contributed by atoms with Crippen LogP contribution in [0.4, 0.5) is 4.70 Å². The Hall–Kier alpha value is 1.62. The number of halogens is 1. The second kappa shape index (κ2) is 8.62. The van der Waals surface area contributed by atoms with Gasteiger partial charge in [-0.05, 0) is 0 Å². The van der Waals surface area contributed by atoms with Gasteiger partial charge in [0.1, 0.15) is 0 Å². The van der Waals surface area contributed by atoms with Crippen LogP contribution in [0.15, 0.2) is 0 Å². The van der Waals surface area contributed by atoms with Crippen molar-refractivity contribution in [2.75, 3.05) is 0 Å². The van der Waals surface area contributed by atoms with Gasteiger partial charge in [0.2, 0.25) is 0 Å². The molecule has 4 nitrogen and oxygen atoms in total. The van der Waals surface area contributed by atoms with Crippen LogP contribution in [0.2, 0.25) is 0 Å². The van der Waals surface area contributed by atoms with Gasteiger partial charge in [-0.3, -0.25) is 4.70 Å². The summed E-state index contributed by atoms with van der Waals surface area (Å²) in [5, 5.41) is 0. The molecule has 0 fully saturated rings. The molecule has 0 heterocycles. The molecule has 0 amide bonds. The molecule has 0 aromatic rings. The molecule has 0 saturated carbocycles. The molecule has 0 aliphatic carbocycles. The maximum Gasteiger partial charge on any atom is 1.00 e. The molecule has 3 N–H and O–H groups in total. The van der Waals surface area contributed by atoms with Crippen molar-refractivity contribution < 1.29 is 73.5 Å². The van der Waals surface area contributed by atoms with Crippen molar-refractivity contribution in [1.29, 1.82) is 0 Å². The monoisotopic (exact) mass is 193 g/mol. The minimum atomic E-state index is -4.64. The van der Waals surface area contributed by atoms with Crippen LogP contribution in [0.25, 0.3) is 0 Å². The van der Waals surface area contributed by atoms with Crippen molar-refractivity contribution in [2.45, 2.75) is 0 Å². The van der Waals surface area contributed by atoms with E-state index in [-0.39, 0.29) is 54.2 Å². The summed E-state index contributed by atoms with van der Waals surface area (Å²) in [5.41, 5.74) is 0. The Bertz CT molecular complexity index is 66.7. The summed E-state index contributed by atoms with van der Waals surface area (Å²) in [6, 6.07) is 0. The smallest absolute Gasteiger partial charge is 1.00 e. The van der Waals surface area contributed by atoms with Crippen LogP contribution in [0.3, 0.4) is 0 Å². The number of rotatable bonds is 0. The van der Waals surface area contributed by atoms with E-state index in [9.17, 15) is 0 Å². The van der Waals surface area contributed by atoms with Gasteiger partial charge in [0.25, 0.3) is 0 Å². The van der Waals surface area contributed by atoms with Crippen LogP contribution in [0, 0.1) is 0 Å². The van der Waals surface area contributed by atoms with Gasteiger partial charge in [-0.25, -0.2) is 4.57 Å². The van der Waals surface area contributed by atoms with E-state index in [4.69, 9.17) is 19.2 Å². The van der Waals surface area contributed by atoms with Gasteiger partial charge < -0.3 is 16.1 Å². The van der Waals surface area contributed by atoms with Gasteiger partial charge in [-0.2, -0.15) is 0 Å². The zero-order valence-corrected chi connectivity index (χ0v) is 8.34. The first-order valence-corrected chi connectivity index (χ1v) is 2.35. The zero-order valence-electron chi connectivity index (χ0n) is 5.05. The van der Waals surface area contributed by atoms with E-state index in [2.05, 4.69) is 0 Å². The van der Waals surface area contributed by atoms with E-state index >= 15 is 0 Å². The summed E-state index contributed by atoms with van der Waals surface area (Å²) < 4.78 is 8.88. The predicted molar refractivity (Wildman–Crippen MR) is 17.9 cm³/mol. The Morgan fingerprint density at radius 1 is 1.25 bits per heavy atom. The van der Waals surface area contributed by atoms with Gasteiger partial charge in [0, 0.05) is 18.6 Å². The molecule has 8 heavy (non-hydrogen) atoms. The molecule has 0 saturated heterocycles. The first-order chi connectivity index (χ1) is 2.00. The molecule has 8 heteroatoms.